The van der Waals surface area contributed by atoms with Crippen LogP contribution in [0.4, 0.5) is 0 Å². The Bertz CT molecular complexity index is 736. The largest absolute Gasteiger partial charge is 0.480 e. The number of aryl methyl sites for hydroxylation is 2. The number of carbonyl (C=O) groups excluding carboxylic acids is 2. The Kier molecular flexibility index (Phi) is 5.35. The van der Waals surface area contributed by atoms with E-state index in [1.807, 2.05) is 42.0 Å². The van der Waals surface area contributed by atoms with E-state index < -0.39 is 18.4 Å². The molecule has 7 nitrogen and oxygen atoms in total. The zero-order valence-corrected chi connectivity index (χ0v) is 12.8. The maximum Gasteiger partial charge on any atom is 0.322 e. The van der Waals surface area contributed by atoms with Crippen LogP contribution in [0.2, 0.25) is 0 Å². The zero-order valence-electron chi connectivity index (χ0n) is 12.8. The molecule has 0 radical (unpaired) electrons. The molecule has 23 heavy (non-hydrogen) atoms. The maximum absolute atomic E-state index is 11.8. The van der Waals surface area contributed by atoms with Gasteiger partial charge in [0, 0.05) is 30.1 Å². The molecule has 0 saturated carbocycles. The number of nitrogens with one attached hydrogen (secondary N) is 2. The van der Waals surface area contributed by atoms with Crippen LogP contribution in [0, 0.1) is 6.92 Å². The standard InChI is InChI=1S/C16H19N3O4/c1-11-3-2-4-13-12(11)5-7-19(13)8-6-14(20)17-9-15(21)18-10-16(22)23/h2-5,7H,6,8-10H2,1H3,(H,17,20)(H,18,21)(H,22,23). The van der Waals surface area contributed by atoms with E-state index in [1.54, 1.807) is 0 Å². The Morgan fingerprint density at radius 2 is 1.83 bits per heavy atom. The average Bonchev–Trinajstić information content (AvgIpc) is 2.93. The van der Waals surface area contributed by atoms with Crippen molar-refractivity contribution in [2.45, 2.75) is 19.9 Å². The number of carboxylic acids is 1. The van der Waals surface area contributed by atoms with Gasteiger partial charge in [0.1, 0.15) is 6.54 Å². The number of aliphatic carboxylic acids is 1. The molecule has 122 valence electrons. The average molecular weight is 317 g/mol. The molecule has 1 aromatic heterocycles. The fourth-order valence-electron chi connectivity index (χ4n) is 2.30. The molecule has 0 atom stereocenters. The van der Waals surface area contributed by atoms with Gasteiger partial charge in [-0.2, -0.15) is 0 Å². The summed E-state index contributed by atoms with van der Waals surface area (Å²) in [6, 6.07) is 8.03. The third-order valence-electron chi connectivity index (χ3n) is 3.49. The smallest absolute Gasteiger partial charge is 0.322 e. The molecular formula is C16H19N3O4. The topological polar surface area (TPSA) is 100 Å². The molecule has 0 spiro atoms. The minimum Gasteiger partial charge on any atom is -0.480 e. The monoisotopic (exact) mass is 317 g/mol. The molecule has 0 bridgehead atoms. The molecule has 0 fully saturated rings. The van der Waals surface area contributed by atoms with Crippen LogP contribution in [0.3, 0.4) is 0 Å². The van der Waals surface area contributed by atoms with Crippen molar-refractivity contribution < 1.29 is 19.5 Å². The van der Waals surface area contributed by atoms with Crippen molar-refractivity contribution in [1.82, 2.24) is 15.2 Å². The molecular weight excluding hydrogens is 298 g/mol. The molecule has 2 amide bonds. The fourth-order valence-corrected chi connectivity index (χ4v) is 2.30. The van der Waals surface area contributed by atoms with Crippen molar-refractivity contribution in [2.75, 3.05) is 13.1 Å². The highest BCUT2D eigenvalue weighted by Gasteiger charge is 2.08. The second kappa shape index (κ2) is 7.44. The van der Waals surface area contributed by atoms with Crippen LogP contribution in [-0.2, 0) is 20.9 Å². The molecule has 2 aromatic rings. The van der Waals surface area contributed by atoms with E-state index in [1.165, 1.54) is 5.56 Å². The van der Waals surface area contributed by atoms with Crippen LogP contribution in [-0.4, -0.2) is 40.5 Å². The predicted octanol–water partition coefficient (Wildman–Crippen LogP) is 0.657. The van der Waals surface area contributed by atoms with Crippen molar-refractivity contribution in [2.24, 2.45) is 0 Å². The zero-order chi connectivity index (χ0) is 16.8. The summed E-state index contributed by atoms with van der Waals surface area (Å²) in [6.45, 7) is 1.87. The molecule has 7 heteroatoms. The molecule has 2 rings (SSSR count). The van der Waals surface area contributed by atoms with Gasteiger partial charge in [-0.3, -0.25) is 14.4 Å². The van der Waals surface area contributed by atoms with Crippen LogP contribution in [0.15, 0.2) is 30.5 Å². The number of aromatic nitrogens is 1. The first-order valence-corrected chi connectivity index (χ1v) is 7.27. The first kappa shape index (κ1) is 16.5. The van der Waals surface area contributed by atoms with E-state index in [9.17, 15) is 14.4 Å². The molecule has 0 aliphatic carbocycles. The lowest BCUT2D eigenvalue weighted by atomic mass is 10.1. The molecule has 0 aliphatic heterocycles. The first-order valence-electron chi connectivity index (χ1n) is 7.27. The maximum atomic E-state index is 11.8. The van der Waals surface area contributed by atoms with Crippen LogP contribution in [0.25, 0.3) is 10.9 Å². The Balaban J connectivity index is 1.81. The summed E-state index contributed by atoms with van der Waals surface area (Å²) >= 11 is 0. The third kappa shape index (κ3) is 4.57. The third-order valence-corrected chi connectivity index (χ3v) is 3.49. The molecule has 0 saturated heterocycles. The molecule has 1 aromatic carbocycles. The van der Waals surface area contributed by atoms with Gasteiger partial charge < -0.3 is 20.3 Å². The summed E-state index contributed by atoms with van der Waals surface area (Å²) in [7, 11) is 0. The van der Waals surface area contributed by atoms with Crippen molar-refractivity contribution in [3.05, 3.63) is 36.0 Å². The quantitative estimate of drug-likeness (QED) is 0.698. The number of carbonyl (C=O) groups is 3. The summed E-state index contributed by atoms with van der Waals surface area (Å²) < 4.78 is 1.99. The van der Waals surface area contributed by atoms with Gasteiger partial charge in [-0.15, -0.1) is 0 Å². The Morgan fingerprint density at radius 1 is 1.09 bits per heavy atom. The summed E-state index contributed by atoms with van der Waals surface area (Å²) in [5, 5.41) is 14.2. The van der Waals surface area contributed by atoms with Gasteiger partial charge in [-0.05, 0) is 24.6 Å². The highest BCUT2D eigenvalue weighted by Crippen LogP contribution is 2.19. The minimum atomic E-state index is -1.13. The summed E-state index contributed by atoms with van der Waals surface area (Å²) in [6.07, 6.45) is 2.18. The Morgan fingerprint density at radius 3 is 2.57 bits per heavy atom. The van der Waals surface area contributed by atoms with Crippen molar-refractivity contribution in [3.8, 4) is 0 Å². The predicted molar refractivity (Wildman–Crippen MR) is 84.9 cm³/mol. The summed E-state index contributed by atoms with van der Waals surface area (Å²) in [4.78, 5) is 33.4. The Labute approximate surface area is 133 Å². The second-order valence-corrected chi connectivity index (χ2v) is 5.21. The van der Waals surface area contributed by atoms with E-state index in [-0.39, 0.29) is 18.9 Å². The number of hydrogen-bond acceptors (Lipinski definition) is 3. The van der Waals surface area contributed by atoms with Gasteiger partial charge in [0.05, 0.1) is 6.54 Å². The van der Waals surface area contributed by atoms with E-state index in [0.717, 1.165) is 10.9 Å². The summed E-state index contributed by atoms with van der Waals surface area (Å²) in [5.74, 6) is -1.91. The van der Waals surface area contributed by atoms with E-state index in [0.29, 0.717) is 6.54 Å². The lowest BCUT2D eigenvalue weighted by molar-refractivity contribution is -0.137. The molecule has 0 aliphatic rings. The fraction of sp³-hybridized carbons (Fsp3) is 0.312. The number of nitrogens with zero attached hydrogens (tertiary/aromatic N) is 1. The van der Waals surface area contributed by atoms with Gasteiger partial charge in [0.25, 0.3) is 0 Å². The molecule has 0 unspecified atom stereocenters. The van der Waals surface area contributed by atoms with E-state index in [4.69, 9.17) is 5.11 Å². The normalized spacial score (nSPS) is 10.5. The lowest BCUT2D eigenvalue weighted by Crippen LogP contribution is -2.39. The molecule has 3 N–H and O–H groups in total. The van der Waals surface area contributed by atoms with Crippen molar-refractivity contribution in [1.29, 1.82) is 0 Å². The van der Waals surface area contributed by atoms with Crippen molar-refractivity contribution >= 4 is 28.7 Å². The Hall–Kier alpha value is -2.83. The number of benzene rings is 1. The SMILES string of the molecule is Cc1cccc2c1ccn2CCC(=O)NCC(=O)NCC(=O)O. The van der Waals surface area contributed by atoms with Gasteiger partial charge in [0.2, 0.25) is 11.8 Å². The van der Waals surface area contributed by atoms with Crippen LogP contribution in [0.5, 0.6) is 0 Å². The number of amides is 2. The van der Waals surface area contributed by atoms with Crippen LogP contribution >= 0.6 is 0 Å². The van der Waals surface area contributed by atoms with Crippen LogP contribution < -0.4 is 10.6 Å². The number of rotatable bonds is 7. The van der Waals surface area contributed by atoms with E-state index in [2.05, 4.69) is 10.6 Å². The van der Waals surface area contributed by atoms with Gasteiger partial charge in [0.15, 0.2) is 0 Å². The number of hydrogen-bond donors (Lipinski definition) is 3. The number of fused-ring (bicyclic) bond motifs is 1. The highest BCUT2D eigenvalue weighted by molar-refractivity contribution is 5.87. The minimum absolute atomic E-state index is 0.225. The molecule has 1 heterocycles. The van der Waals surface area contributed by atoms with E-state index >= 15 is 0 Å². The van der Waals surface area contributed by atoms with Crippen LogP contribution in [0.1, 0.15) is 12.0 Å². The lowest BCUT2D eigenvalue weighted by Gasteiger charge is -2.07. The highest BCUT2D eigenvalue weighted by atomic mass is 16.4. The summed E-state index contributed by atoms with van der Waals surface area (Å²) in [5.41, 5.74) is 2.25. The van der Waals surface area contributed by atoms with Gasteiger partial charge in [-0.25, -0.2) is 0 Å². The second-order valence-electron chi connectivity index (χ2n) is 5.21. The first-order chi connectivity index (χ1) is 11.0. The van der Waals surface area contributed by atoms with Crippen molar-refractivity contribution in [3.63, 3.8) is 0 Å². The van der Waals surface area contributed by atoms with Gasteiger partial charge >= 0.3 is 5.97 Å². The van der Waals surface area contributed by atoms with Gasteiger partial charge in [-0.1, -0.05) is 12.1 Å². The number of carboxylic acid groups (broad SMARTS) is 1.